The Morgan fingerprint density at radius 3 is 2.33 bits per heavy atom. The molecule has 3 nitrogen and oxygen atoms in total. The van der Waals surface area contributed by atoms with Crippen molar-refractivity contribution < 1.29 is 4.74 Å². The Balaban J connectivity index is 1.89. The van der Waals surface area contributed by atoms with Gasteiger partial charge in [0.25, 0.3) is 0 Å². The van der Waals surface area contributed by atoms with Gasteiger partial charge in [0.1, 0.15) is 0 Å². The highest BCUT2D eigenvalue weighted by molar-refractivity contribution is 5.03. The zero-order chi connectivity index (χ0) is 10.9. The van der Waals surface area contributed by atoms with E-state index < -0.39 is 0 Å². The fraction of sp³-hybridized carbons (Fsp3) is 0.917. The summed E-state index contributed by atoms with van der Waals surface area (Å²) in [5.74, 6) is 1.62. The number of nitriles is 1. The van der Waals surface area contributed by atoms with Crippen molar-refractivity contribution in [3.8, 4) is 6.07 Å². The largest absolute Gasteiger partial charge is 0.377 e. The van der Waals surface area contributed by atoms with Crippen LogP contribution in [0.1, 0.15) is 33.1 Å². The highest BCUT2D eigenvalue weighted by atomic mass is 16.5. The highest BCUT2D eigenvalue weighted by Crippen LogP contribution is 2.33. The van der Waals surface area contributed by atoms with Crippen LogP contribution in [0.5, 0.6) is 0 Å². The number of nitrogens with one attached hydrogen (secondary N) is 1. The lowest BCUT2D eigenvalue weighted by Crippen LogP contribution is -2.62. The van der Waals surface area contributed by atoms with Crippen LogP contribution in [0.15, 0.2) is 0 Å². The Morgan fingerprint density at radius 2 is 1.93 bits per heavy atom. The maximum Gasteiger partial charge on any atom is 0.0786 e. The van der Waals surface area contributed by atoms with E-state index in [9.17, 15) is 0 Å². The summed E-state index contributed by atoms with van der Waals surface area (Å²) in [5, 5.41) is 12.4. The van der Waals surface area contributed by atoms with Crippen LogP contribution in [-0.2, 0) is 4.74 Å². The van der Waals surface area contributed by atoms with Gasteiger partial charge in [-0.05, 0) is 24.7 Å². The van der Waals surface area contributed by atoms with Crippen molar-refractivity contribution in [1.82, 2.24) is 5.32 Å². The van der Waals surface area contributed by atoms with Gasteiger partial charge in [-0.25, -0.2) is 0 Å². The van der Waals surface area contributed by atoms with Gasteiger partial charge in [0.05, 0.1) is 31.2 Å². The molecule has 84 valence electrons. The van der Waals surface area contributed by atoms with E-state index in [0.717, 1.165) is 11.8 Å². The van der Waals surface area contributed by atoms with Crippen molar-refractivity contribution in [3.63, 3.8) is 0 Å². The molecule has 0 aromatic carbocycles. The van der Waals surface area contributed by atoms with E-state index in [-0.39, 0.29) is 5.54 Å². The first-order valence-electron chi connectivity index (χ1n) is 5.87. The molecule has 0 aromatic heterocycles. The fourth-order valence-electron chi connectivity index (χ4n) is 2.75. The van der Waals surface area contributed by atoms with Crippen molar-refractivity contribution in [2.24, 2.45) is 11.8 Å². The Bertz CT molecular complexity index is 257. The molecule has 1 heterocycles. The summed E-state index contributed by atoms with van der Waals surface area (Å²) in [6.45, 7) is 6.06. The molecule has 15 heavy (non-hydrogen) atoms. The normalized spacial score (nSPS) is 38.3. The van der Waals surface area contributed by atoms with Gasteiger partial charge < -0.3 is 10.1 Å². The molecule has 0 spiro atoms. The summed E-state index contributed by atoms with van der Waals surface area (Å²) in [5.41, 5.74) is -0.0246. The van der Waals surface area contributed by atoms with Crippen LogP contribution < -0.4 is 5.32 Å². The molecular formula is C12H20N2O. The molecule has 1 saturated carbocycles. The second-order valence-corrected chi connectivity index (χ2v) is 5.38. The molecule has 3 atom stereocenters. The van der Waals surface area contributed by atoms with E-state index in [0.29, 0.717) is 25.7 Å². The molecule has 1 saturated heterocycles. The van der Waals surface area contributed by atoms with Gasteiger partial charge in [-0.15, -0.1) is 0 Å². The van der Waals surface area contributed by atoms with E-state index >= 15 is 0 Å². The quantitative estimate of drug-likeness (QED) is 0.767. The minimum atomic E-state index is -0.0246. The third-order valence-corrected chi connectivity index (χ3v) is 3.97. The van der Waals surface area contributed by atoms with E-state index in [4.69, 9.17) is 10.00 Å². The summed E-state index contributed by atoms with van der Waals surface area (Å²) in [6.07, 6.45) is 3.06. The first-order valence-corrected chi connectivity index (χ1v) is 5.87. The van der Waals surface area contributed by atoms with Crippen LogP contribution in [0.3, 0.4) is 0 Å². The lowest BCUT2D eigenvalue weighted by Gasteiger charge is -2.42. The van der Waals surface area contributed by atoms with Gasteiger partial charge in [-0.2, -0.15) is 5.26 Å². The number of hydrogen-bond acceptors (Lipinski definition) is 3. The summed E-state index contributed by atoms with van der Waals surface area (Å²) in [7, 11) is 0. The predicted molar refractivity (Wildman–Crippen MR) is 58.3 cm³/mol. The molecule has 0 radical (unpaired) electrons. The number of ether oxygens (including phenoxy) is 1. The molecule has 1 aliphatic carbocycles. The Morgan fingerprint density at radius 1 is 1.33 bits per heavy atom. The lowest BCUT2D eigenvalue weighted by atomic mass is 9.92. The second-order valence-electron chi connectivity index (χ2n) is 5.38. The number of rotatable bonds is 3. The fourth-order valence-corrected chi connectivity index (χ4v) is 2.75. The maximum absolute atomic E-state index is 8.80. The Kier molecular flexibility index (Phi) is 2.99. The minimum absolute atomic E-state index is 0.0246. The van der Waals surface area contributed by atoms with Gasteiger partial charge in [-0.1, -0.05) is 13.8 Å². The average molecular weight is 208 g/mol. The molecule has 0 aromatic rings. The monoisotopic (exact) mass is 208 g/mol. The zero-order valence-corrected chi connectivity index (χ0v) is 9.62. The minimum Gasteiger partial charge on any atom is -0.377 e. The van der Waals surface area contributed by atoms with Gasteiger partial charge in [0.15, 0.2) is 0 Å². The lowest BCUT2D eigenvalue weighted by molar-refractivity contribution is -0.0769. The van der Waals surface area contributed by atoms with Gasteiger partial charge in [-0.3, -0.25) is 0 Å². The molecule has 2 rings (SSSR count). The van der Waals surface area contributed by atoms with Gasteiger partial charge in [0, 0.05) is 6.04 Å². The molecule has 0 unspecified atom stereocenters. The second kappa shape index (κ2) is 4.11. The standard InChI is InChI=1S/C12H20N2O/c1-9-5-11(6-10(9)2)14-12(3-4-13)7-15-8-12/h9-11,14H,3,5-8H2,1-2H3/t9-,10+,11+. The zero-order valence-electron chi connectivity index (χ0n) is 9.62. The van der Waals surface area contributed by atoms with E-state index in [1.807, 2.05) is 0 Å². The first-order chi connectivity index (χ1) is 7.15. The van der Waals surface area contributed by atoms with Crippen LogP contribution >= 0.6 is 0 Å². The van der Waals surface area contributed by atoms with E-state index in [1.54, 1.807) is 0 Å². The van der Waals surface area contributed by atoms with Crippen molar-refractivity contribution >= 4 is 0 Å². The number of hydrogen-bond donors (Lipinski definition) is 1. The molecule has 0 bridgehead atoms. The van der Waals surface area contributed by atoms with E-state index in [1.165, 1.54) is 12.8 Å². The van der Waals surface area contributed by atoms with Gasteiger partial charge in [0.2, 0.25) is 0 Å². The highest BCUT2D eigenvalue weighted by Gasteiger charge is 2.42. The van der Waals surface area contributed by atoms with Crippen LogP contribution in [-0.4, -0.2) is 24.8 Å². The van der Waals surface area contributed by atoms with Crippen molar-refractivity contribution in [3.05, 3.63) is 0 Å². The average Bonchev–Trinajstić information content (AvgIpc) is 2.42. The molecule has 3 heteroatoms. The number of nitrogens with zero attached hydrogens (tertiary/aromatic N) is 1. The summed E-state index contributed by atoms with van der Waals surface area (Å²) in [6, 6.07) is 2.85. The molecule has 1 aliphatic heterocycles. The van der Waals surface area contributed by atoms with Crippen LogP contribution in [0.2, 0.25) is 0 Å². The van der Waals surface area contributed by atoms with Crippen LogP contribution in [0, 0.1) is 23.2 Å². The summed E-state index contributed by atoms with van der Waals surface area (Å²) in [4.78, 5) is 0. The Hall–Kier alpha value is -0.590. The third kappa shape index (κ3) is 2.16. The van der Waals surface area contributed by atoms with E-state index in [2.05, 4.69) is 25.2 Å². The topological polar surface area (TPSA) is 45.0 Å². The predicted octanol–water partition coefficient (Wildman–Crippen LogP) is 1.69. The Labute approximate surface area is 91.8 Å². The summed E-state index contributed by atoms with van der Waals surface area (Å²) >= 11 is 0. The smallest absolute Gasteiger partial charge is 0.0786 e. The van der Waals surface area contributed by atoms with Gasteiger partial charge >= 0.3 is 0 Å². The first kappa shape index (κ1) is 10.9. The van der Waals surface area contributed by atoms with Crippen LogP contribution in [0.25, 0.3) is 0 Å². The molecule has 0 amide bonds. The SMILES string of the molecule is C[C@@H]1C[C@H](NC2(CC#N)COC2)C[C@@H]1C. The molecule has 2 fully saturated rings. The summed E-state index contributed by atoms with van der Waals surface area (Å²) < 4.78 is 5.24. The van der Waals surface area contributed by atoms with Crippen molar-refractivity contribution in [2.75, 3.05) is 13.2 Å². The van der Waals surface area contributed by atoms with Crippen LogP contribution in [0.4, 0.5) is 0 Å². The van der Waals surface area contributed by atoms with Crippen molar-refractivity contribution in [2.45, 2.75) is 44.7 Å². The molecule has 2 aliphatic rings. The molecule has 1 N–H and O–H groups in total. The van der Waals surface area contributed by atoms with Crippen molar-refractivity contribution in [1.29, 1.82) is 5.26 Å². The third-order valence-electron chi connectivity index (χ3n) is 3.97. The maximum atomic E-state index is 8.80. The molecular weight excluding hydrogens is 188 g/mol.